The summed E-state index contributed by atoms with van der Waals surface area (Å²) in [6.07, 6.45) is 5.12. The molecule has 2 N–H and O–H groups in total. The second-order valence-corrected chi connectivity index (χ2v) is 6.72. The molecule has 2 unspecified atom stereocenters. The topological polar surface area (TPSA) is 58.8 Å². The van der Waals surface area contributed by atoms with Gasteiger partial charge in [-0.15, -0.1) is 0 Å². The highest BCUT2D eigenvalue weighted by Gasteiger charge is 2.43. The Balaban J connectivity index is 1.70. The van der Waals surface area contributed by atoms with E-state index in [4.69, 9.17) is 10.5 Å². The summed E-state index contributed by atoms with van der Waals surface area (Å²) in [5, 5.41) is 0. The number of amides is 1. The maximum atomic E-state index is 12.9. The predicted molar refractivity (Wildman–Crippen MR) is 77.4 cm³/mol. The van der Waals surface area contributed by atoms with Crippen molar-refractivity contribution in [3.05, 3.63) is 0 Å². The highest BCUT2D eigenvalue weighted by Crippen LogP contribution is 2.28. The molecule has 3 fully saturated rings. The van der Waals surface area contributed by atoms with Gasteiger partial charge in [-0.1, -0.05) is 6.42 Å². The average Bonchev–Trinajstić information content (AvgIpc) is 2.46. The maximum absolute atomic E-state index is 12.9. The summed E-state index contributed by atoms with van der Waals surface area (Å²) < 4.78 is 5.36. The molecule has 5 heteroatoms. The lowest BCUT2D eigenvalue weighted by Crippen LogP contribution is -2.66. The Labute approximate surface area is 121 Å². The molecule has 0 aromatic carbocycles. The minimum Gasteiger partial charge on any atom is -0.381 e. The summed E-state index contributed by atoms with van der Waals surface area (Å²) in [7, 11) is 0. The van der Waals surface area contributed by atoms with Crippen molar-refractivity contribution in [2.45, 2.75) is 56.7 Å². The van der Waals surface area contributed by atoms with Gasteiger partial charge in [-0.2, -0.15) is 0 Å². The molecule has 0 aliphatic carbocycles. The number of fused-ring (bicyclic) bond motifs is 1. The normalized spacial score (nSPS) is 34.6. The predicted octanol–water partition coefficient (Wildman–Crippen LogP) is 0.580. The molecule has 3 aliphatic heterocycles. The number of nitrogens with zero attached hydrogens (tertiary/aromatic N) is 2. The van der Waals surface area contributed by atoms with Gasteiger partial charge in [0, 0.05) is 38.4 Å². The van der Waals surface area contributed by atoms with Gasteiger partial charge in [0.2, 0.25) is 5.91 Å². The average molecular weight is 281 g/mol. The van der Waals surface area contributed by atoms with Crippen molar-refractivity contribution in [3.63, 3.8) is 0 Å². The van der Waals surface area contributed by atoms with Crippen molar-refractivity contribution in [2.75, 3.05) is 32.8 Å². The van der Waals surface area contributed by atoms with E-state index in [1.807, 2.05) is 0 Å². The molecule has 20 heavy (non-hydrogen) atoms. The Kier molecular flexibility index (Phi) is 4.02. The number of piperazine rings is 1. The van der Waals surface area contributed by atoms with E-state index in [0.717, 1.165) is 13.1 Å². The van der Waals surface area contributed by atoms with Crippen LogP contribution in [0.4, 0.5) is 0 Å². The molecule has 3 heterocycles. The van der Waals surface area contributed by atoms with Gasteiger partial charge in [0.15, 0.2) is 0 Å². The highest BCUT2D eigenvalue weighted by atomic mass is 16.5. The van der Waals surface area contributed by atoms with Crippen LogP contribution in [0.15, 0.2) is 0 Å². The molecular formula is C15H27N3O2. The Morgan fingerprint density at radius 3 is 2.75 bits per heavy atom. The summed E-state index contributed by atoms with van der Waals surface area (Å²) in [4.78, 5) is 17.5. The van der Waals surface area contributed by atoms with E-state index in [1.54, 1.807) is 0 Å². The van der Waals surface area contributed by atoms with Crippen LogP contribution in [0.2, 0.25) is 0 Å². The smallest absolute Gasteiger partial charge is 0.243 e. The van der Waals surface area contributed by atoms with Crippen molar-refractivity contribution in [1.29, 1.82) is 0 Å². The first-order valence-corrected chi connectivity index (χ1v) is 8.02. The van der Waals surface area contributed by atoms with Crippen LogP contribution in [0.1, 0.15) is 39.0 Å². The molecule has 2 atom stereocenters. The lowest BCUT2D eigenvalue weighted by molar-refractivity contribution is -0.147. The Hall–Kier alpha value is -0.650. The number of carbonyl (C=O) groups excluding carboxylic acids is 1. The molecule has 0 radical (unpaired) electrons. The standard InChI is InChI=1S/C15H27N3O2/c1-12-10-17-7-3-2-4-13(17)11-18(12)14(19)15(16)5-8-20-9-6-15/h12-13H,2-11,16H2,1H3. The summed E-state index contributed by atoms with van der Waals surface area (Å²) in [5.41, 5.74) is 5.69. The number of carbonyl (C=O) groups is 1. The molecule has 5 nitrogen and oxygen atoms in total. The van der Waals surface area contributed by atoms with Crippen molar-refractivity contribution in [1.82, 2.24) is 9.80 Å². The van der Waals surface area contributed by atoms with Gasteiger partial charge in [0.25, 0.3) is 0 Å². The molecule has 114 valence electrons. The molecule has 0 bridgehead atoms. The van der Waals surface area contributed by atoms with Crippen molar-refractivity contribution in [3.8, 4) is 0 Å². The number of ether oxygens (including phenoxy) is 1. The first-order valence-electron chi connectivity index (χ1n) is 8.02. The largest absolute Gasteiger partial charge is 0.381 e. The minimum absolute atomic E-state index is 0.151. The first-order chi connectivity index (χ1) is 9.60. The van der Waals surface area contributed by atoms with Gasteiger partial charge in [-0.05, 0) is 39.2 Å². The quantitative estimate of drug-likeness (QED) is 0.764. The molecule has 0 aromatic heterocycles. The third-order valence-electron chi connectivity index (χ3n) is 5.26. The van der Waals surface area contributed by atoms with E-state index in [1.165, 1.54) is 25.8 Å². The zero-order chi connectivity index (χ0) is 14.2. The zero-order valence-corrected chi connectivity index (χ0v) is 12.5. The summed E-state index contributed by atoms with van der Waals surface area (Å²) in [5.74, 6) is 0.151. The fourth-order valence-electron chi connectivity index (χ4n) is 3.87. The second-order valence-electron chi connectivity index (χ2n) is 6.72. The molecule has 3 saturated heterocycles. The van der Waals surface area contributed by atoms with E-state index in [2.05, 4.69) is 16.7 Å². The first kappa shape index (κ1) is 14.3. The second kappa shape index (κ2) is 5.62. The van der Waals surface area contributed by atoms with Crippen LogP contribution in [0.25, 0.3) is 0 Å². The van der Waals surface area contributed by atoms with E-state index >= 15 is 0 Å². The van der Waals surface area contributed by atoms with Crippen LogP contribution >= 0.6 is 0 Å². The summed E-state index contributed by atoms with van der Waals surface area (Å²) in [6.45, 7) is 6.44. The fraction of sp³-hybridized carbons (Fsp3) is 0.933. The third kappa shape index (κ3) is 2.59. The van der Waals surface area contributed by atoms with Gasteiger partial charge in [0.05, 0.1) is 5.54 Å². The van der Waals surface area contributed by atoms with Gasteiger partial charge in [-0.25, -0.2) is 0 Å². The fourth-order valence-corrected chi connectivity index (χ4v) is 3.87. The van der Waals surface area contributed by atoms with Gasteiger partial charge in [0.1, 0.15) is 0 Å². The number of hydrogen-bond donors (Lipinski definition) is 1. The molecule has 0 spiro atoms. The number of piperidine rings is 1. The Morgan fingerprint density at radius 1 is 1.25 bits per heavy atom. The van der Waals surface area contributed by atoms with Crippen LogP contribution in [0, 0.1) is 0 Å². The monoisotopic (exact) mass is 281 g/mol. The number of rotatable bonds is 1. The van der Waals surface area contributed by atoms with Crippen LogP contribution in [0.5, 0.6) is 0 Å². The van der Waals surface area contributed by atoms with Crippen LogP contribution < -0.4 is 5.73 Å². The summed E-state index contributed by atoms with van der Waals surface area (Å²) >= 11 is 0. The Bertz CT molecular complexity index is 368. The van der Waals surface area contributed by atoms with E-state index in [9.17, 15) is 4.79 Å². The van der Waals surface area contributed by atoms with E-state index < -0.39 is 5.54 Å². The lowest BCUT2D eigenvalue weighted by Gasteiger charge is -2.49. The molecular weight excluding hydrogens is 254 g/mol. The lowest BCUT2D eigenvalue weighted by atomic mass is 9.87. The molecule has 0 aromatic rings. The molecule has 1 amide bonds. The van der Waals surface area contributed by atoms with Crippen molar-refractivity contribution < 1.29 is 9.53 Å². The maximum Gasteiger partial charge on any atom is 0.243 e. The van der Waals surface area contributed by atoms with Crippen molar-refractivity contribution in [2.24, 2.45) is 5.73 Å². The minimum atomic E-state index is -0.691. The molecule has 3 rings (SSSR count). The van der Waals surface area contributed by atoms with E-state index in [-0.39, 0.29) is 11.9 Å². The van der Waals surface area contributed by atoms with Gasteiger partial charge in [-0.3, -0.25) is 9.69 Å². The van der Waals surface area contributed by atoms with Gasteiger partial charge < -0.3 is 15.4 Å². The van der Waals surface area contributed by atoms with Crippen LogP contribution in [-0.4, -0.2) is 66.2 Å². The van der Waals surface area contributed by atoms with Crippen molar-refractivity contribution >= 4 is 5.91 Å². The number of nitrogens with two attached hydrogens (primary N) is 1. The zero-order valence-electron chi connectivity index (χ0n) is 12.5. The van der Waals surface area contributed by atoms with Crippen LogP contribution in [-0.2, 0) is 9.53 Å². The van der Waals surface area contributed by atoms with Crippen LogP contribution in [0.3, 0.4) is 0 Å². The van der Waals surface area contributed by atoms with Gasteiger partial charge >= 0.3 is 0 Å². The number of hydrogen-bond acceptors (Lipinski definition) is 4. The molecule has 0 saturated carbocycles. The molecule has 3 aliphatic rings. The Morgan fingerprint density at radius 2 is 2.00 bits per heavy atom. The SMILES string of the molecule is CC1CN2CCCCC2CN1C(=O)C1(N)CCOCC1. The highest BCUT2D eigenvalue weighted by molar-refractivity contribution is 5.86. The van der Waals surface area contributed by atoms with E-state index in [0.29, 0.717) is 32.1 Å². The summed E-state index contributed by atoms with van der Waals surface area (Å²) in [6, 6.07) is 0.826. The third-order valence-corrected chi connectivity index (χ3v) is 5.26.